The number of unbranched alkanes of at least 4 members (excludes halogenated alkanes) is 40. The van der Waals surface area contributed by atoms with Crippen molar-refractivity contribution in [3.05, 3.63) is 24.3 Å². The van der Waals surface area contributed by atoms with Gasteiger partial charge in [-0.3, -0.25) is 4.79 Å². The van der Waals surface area contributed by atoms with Crippen molar-refractivity contribution in [3.63, 3.8) is 0 Å². The molecule has 0 saturated heterocycles. The quantitative estimate of drug-likeness (QED) is 0.0308. The van der Waals surface area contributed by atoms with E-state index in [0.29, 0.717) is 12.8 Å². The van der Waals surface area contributed by atoms with Gasteiger partial charge in [0.15, 0.2) is 0 Å². The van der Waals surface area contributed by atoms with Crippen LogP contribution < -0.4 is 5.32 Å². The topological polar surface area (TPSA) is 110 Å². The fourth-order valence-electron chi connectivity index (χ4n) is 9.11. The Balaban J connectivity index is 3.62. The molecule has 5 N–H and O–H groups in total. The second kappa shape index (κ2) is 52.8. The minimum Gasteiger partial charge on any atom is -0.394 e. The van der Waals surface area contributed by atoms with Crippen molar-refractivity contribution in [3.8, 4) is 0 Å². The van der Waals surface area contributed by atoms with Gasteiger partial charge < -0.3 is 25.7 Å². The summed E-state index contributed by atoms with van der Waals surface area (Å²) >= 11 is 0. The van der Waals surface area contributed by atoms with Crippen molar-refractivity contribution in [1.29, 1.82) is 0 Å². The Kier molecular flexibility index (Phi) is 51.8. The Hall–Kier alpha value is -1.21. The molecule has 0 aromatic heterocycles. The van der Waals surface area contributed by atoms with Gasteiger partial charge >= 0.3 is 0 Å². The SMILES string of the molecule is CCCCCCCCCCCCCC/C=C\CCCCCCCCCCCCCCCC(O)C(=O)NC(CO)C(O)C(O)CCC/C=C/CCCCCCCCCCCCCCCC. The number of aliphatic hydroxyl groups is 4. The summed E-state index contributed by atoms with van der Waals surface area (Å²) in [5.74, 6) is -0.589. The predicted octanol–water partition coefficient (Wildman–Crippen LogP) is 16.6. The van der Waals surface area contributed by atoms with Crippen LogP contribution in [0.3, 0.4) is 0 Å². The third kappa shape index (κ3) is 45.9. The summed E-state index contributed by atoms with van der Waals surface area (Å²) in [4.78, 5) is 12.6. The van der Waals surface area contributed by atoms with Gasteiger partial charge in [0.25, 0.3) is 0 Å². The van der Waals surface area contributed by atoms with Crippen LogP contribution >= 0.6 is 0 Å². The van der Waals surface area contributed by atoms with Crippen LogP contribution in [-0.4, -0.2) is 57.3 Å². The van der Waals surface area contributed by atoms with Crippen LogP contribution in [0.15, 0.2) is 24.3 Å². The molecule has 0 aliphatic heterocycles. The van der Waals surface area contributed by atoms with E-state index in [0.717, 1.165) is 38.5 Å². The maximum Gasteiger partial charge on any atom is 0.249 e. The third-order valence-electron chi connectivity index (χ3n) is 13.6. The minimum absolute atomic E-state index is 0.365. The van der Waals surface area contributed by atoms with Crippen molar-refractivity contribution in [1.82, 2.24) is 5.32 Å². The van der Waals surface area contributed by atoms with Crippen molar-refractivity contribution in [2.45, 2.75) is 334 Å². The molecular weight excluding hydrogens is 791 g/mol. The van der Waals surface area contributed by atoms with Gasteiger partial charge in [0.2, 0.25) is 5.91 Å². The second-order valence-corrected chi connectivity index (χ2v) is 20.0. The summed E-state index contributed by atoms with van der Waals surface area (Å²) in [5, 5.41) is 44.0. The summed E-state index contributed by atoms with van der Waals surface area (Å²) < 4.78 is 0. The van der Waals surface area contributed by atoms with Gasteiger partial charge in [-0.2, -0.15) is 0 Å². The summed E-state index contributed by atoms with van der Waals surface area (Å²) in [6.45, 7) is 4.08. The number of carbonyl (C=O) groups is 1. The molecule has 0 bridgehead atoms. The van der Waals surface area contributed by atoms with Gasteiger partial charge in [-0.25, -0.2) is 0 Å². The summed E-state index contributed by atoms with van der Waals surface area (Å²) in [6, 6.07) is -1.00. The zero-order valence-corrected chi connectivity index (χ0v) is 43.0. The number of carbonyl (C=O) groups excluding carboxylic acids is 1. The lowest BCUT2D eigenvalue weighted by molar-refractivity contribution is -0.132. The van der Waals surface area contributed by atoms with E-state index in [-0.39, 0.29) is 0 Å². The fourth-order valence-corrected chi connectivity index (χ4v) is 9.11. The van der Waals surface area contributed by atoms with E-state index in [2.05, 4.69) is 43.5 Å². The van der Waals surface area contributed by atoms with Gasteiger partial charge in [-0.15, -0.1) is 0 Å². The van der Waals surface area contributed by atoms with E-state index in [1.807, 2.05) is 0 Å². The molecule has 0 aliphatic carbocycles. The fraction of sp³-hybridized carbons (Fsp3) is 0.914. The van der Waals surface area contributed by atoms with E-state index in [4.69, 9.17) is 0 Å². The zero-order chi connectivity index (χ0) is 46.7. The number of amides is 1. The maximum atomic E-state index is 12.6. The number of nitrogens with one attached hydrogen (secondary N) is 1. The Morgan fingerprint density at radius 1 is 0.375 bits per heavy atom. The second-order valence-electron chi connectivity index (χ2n) is 20.0. The number of aliphatic hydroxyl groups excluding tert-OH is 4. The summed E-state index contributed by atoms with van der Waals surface area (Å²) in [6.07, 6.45) is 64.0. The van der Waals surface area contributed by atoms with E-state index < -0.39 is 36.9 Å². The average molecular weight is 905 g/mol. The molecule has 0 saturated carbocycles. The molecule has 64 heavy (non-hydrogen) atoms. The molecule has 0 radical (unpaired) electrons. The molecule has 4 unspecified atom stereocenters. The van der Waals surface area contributed by atoms with Gasteiger partial charge in [0.05, 0.1) is 18.8 Å². The number of allylic oxidation sites excluding steroid dienone is 4. The molecule has 6 heteroatoms. The Bertz CT molecular complexity index is 970. The first-order valence-electron chi connectivity index (χ1n) is 28.7. The highest BCUT2D eigenvalue weighted by molar-refractivity contribution is 5.80. The molecule has 0 rings (SSSR count). The van der Waals surface area contributed by atoms with Crippen LogP contribution in [0.25, 0.3) is 0 Å². The molecule has 0 aromatic carbocycles. The molecule has 0 fully saturated rings. The Morgan fingerprint density at radius 2 is 0.641 bits per heavy atom. The van der Waals surface area contributed by atoms with Crippen molar-refractivity contribution < 1.29 is 25.2 Å². The molecular formula is C58H113NO5. The Morgan fingerprint density at radius 3 is 0.938 bits per heavy atom. The van der Waals surface area contributed by atoms with E-state index in [1.165, 1.54) is 244 Å². The van der Waals surface area contributed by atoms with E-state index >= 15 is 0 Å². The van der Waals surface area contributed by atoms with Gasteiger partial charge in [0, 0.05) is 0 Å². The van der Waals surface area contributed by atoms with Gasteiger partial charge in [0.1, 0.15) is 12.2 Å². The monoisotopic (exact) mass is 904 g/mol. The van der Waals surface area contributed by atoms with Crippen molar-refractivity contribution in [2.75, 3.05) is 6.61 Å². The van der Waals surface area contributed by atoms with Gasteiger partial charge in [-0.05, 0) is 64.2 Å². The summed E-state index contributed by atoms with van der Waals surface area (Å²) in [7, 11) is 0. The van der Waals surface area contributed by atoms with Crippen LogP contribution in [0.4, 0.5) is 0 Å². The molecule has 0 aromatic rings. The molecule has 6 nitrogen and oxygen atoms in total. The first-order chi connectivity index (χ1) is 31.5. The molecule has 0 aliphatic rings. The van der Waals surface area contributed by atoms with Gasteiger partial charge in [-0.1, -0.05) is 269 Å². The smallest absolute Gasteiger partial charge is 0.249 e. The summed E-state index contributed by atoms with van der Waals surface area (Å²) in [5.41, 5.74) is 0. The van der Waals surface area contributed by atoms with Crippen LogP contribution in [0.5, 0.6) is 0 Å². The first kappa shape index (κ1) is 62.8. The van der Waals surface area contributed by atoms with Crippen LogP contribution in [-0.2, 0) is 4.79 Å². The average Bonchev–Trinajstić information content (AvgIpc) is 3.30. The third-order valence-corrected chi connectivity index (χ3v) is 13.6. The highest BCUT2D eigenvalue weighted by atomic mass is 16.3. The van der Waals surface area contributed by atoms with Crippen molar-refractivity contribution in [2.24, 2.45) is 0 Å². The molecule has 380 valence electrons. The maximum absolute atomic E-state index is 12.6. The number of hydrogen-bond donors (Lipinski definition) is 5. The number of hydrogen-bond acceptors (Lipinski definition) is 5. The highest BCUT2D eigenvalue weighted by Gasteiger charge is 2.28. The Labute approximate surface area is 399 Å². The standard InChI is InChI=1S/C58H113NO5/c1-3-5-7-9-11-13-15-17-19-21-23-24-25-26-27-28-29-30-31-32-34-36-38-40-42-44-46-48-50-52-56(62)58(64)59-54(53-60)57(63)55(61)51-49-47-45-43-41-39-37-35-33-22-20-18-16-14-12-10-8-6-4-2/h26-27,43,45,54-57,60-63H,3-25,28-42,44,46-53H2,1-2H3,(H,59,64)/b27-26-,45-43+. The predicted molar refractivity (Wildman–Crippen MR) is 279 cm³/mol. The molecule has 1 amide bonds. The lowest BCUT2D eigenvalue weighted by atomic mass is 10.00. The zero-order valence-electron chi connectivity index (χ0n) is 43.0. The minimum atomic E-state index is -1.28. The number of rotatable bonds is 53. The lowest BCUT2D eigenvalue weighted by Gasteiger charge is -2.27. The lowest BCUT2D eigenvalue weighted by Crippen LogP contribution is -2.53. The normalized spacial score (nSPS) is 13.9. The van der Waals surface area contributed by atoms with Crippen LogP contribution in [0.2, 0.25) is 0 Å². The van der Waals surface area contributed by atoms with E-state index in [1.54, 1.807) is 0 Å². The van der Waals surface area contributed by atoms with Crippen molar-refractivity contribution >= 4 is 5.91 Å². The largest absolute Gasteiger partial charge is 0.394 e. The molecule has 4 atom stereocenters. The highest BCUT2D eigenvalue weighted by Crippen LogP contribution is 2.17. The molecule has 0 spiro atoms. The van der Waals surface area contributed by atoms with Crippen LogP contribution in [0, 0.1) is 0 Å². The molecule has 0 heterocycles. The first-order valence-corrected chi connectivity index (χ1v) is 28.7. The van der Waals surface area contributed by atoms with Crippen LogP contribution in [0.1, 0.15) is 309 Å². The van der Waals surface area contributed by atoms with E-state index in [9.17, 15) is 25.2 Å².